The molecule has 2 aromatic carbocycles. The van der Waals surface area contributed by atoms with Crippen molar-refractivity contribution in [1.29, 1.82) is 0 Å². The first-order chi connectivity index (χ1) is 8.11. The van der Waals surface area contributed by atoms with E-state index in [0.29, 0.717) is 5.56 Å². The normalized spacial score (nSPS) is 10.3. The monoisotopic (exact) mass is 244 g/mol. The quantitative estimate of drug-likeness (QED) is 0.714. The number of rotatable bonds is 2. The van der Waals surface area contributed by atoms with Crippen LogP contribution in [0, 0.1) is 13.8 Å². The molecule has 86 valence electrons. The van der Waals surface area contributed by atoms with E-state index in [2.05, 4.69) is 0 Å². The minimum absolute atomic E-state index is 0.690. The Bertz CT molecular complexity index is 573. The summed E-state index contributed by atoms with van der Waals surface area (Å²) in [6, 6.07) is 11.6. The van der Waals surface area contributed by atoms with Crippen molar-refractivity contribution in [2.24, 2.45) is 0 Å². The molecule has 0 fully saturated rings. The summed E-state index contributed by atoms with van der Waals surface area (Å²) < 4.78 is 0. The molecular weight excluding hydrogens is 232 g/mol. The number of aldehydes is 1. The molecule has 0 N–H and O–H groups in total. The van der Waals surface area contributed by atoms with Crippen molar-refractivity contribution >= 4 is 17.9 Å². The minimum atomic E-state index is 0.690. The van der Waals surface area contributed by atoms with Crippen molar-refractivity contribution in [2.45, 2.75) is 13.8 Å². The standard InChI is InChI=1S/C15H13ClO/c1-10-3-5-13(9-17)14(7-10)12-6-4-11(2)15(16)8-12/h3-9H,1-2H3. The fourth-order valence-electron chi connectivity index (χ4n) is 1.78. The number of halogens is 1. The highest BCUT2D eigenvalue weighted by Gasteiger charge is 2.06. The summed E-state index contributed by atoms with van der Waals surface area (Å²) in [5.41, 5.74) is 4.77. The fourth-order valence-corrected chi connectivity index (χ4v) is 1.96. The highest BCUT2D eigenvalue weighted by molar-refractivity contribution is 6.31. The lowest BCUT2D eigenvalue weighted by Gasteiger charge is -2.08. The topological polar surface area (TPSA) is 17.1 Å². The van der Waals surface area contributed by atoms with Gasteiger partial charge < -0.3 is 0 Å². The molecule has 0 aliphatic rings. The Kier molecular flexibility index (Phi) is 3.30. The summed E-state index contributed by atoms with van der Waals surface area (Å²) >= 11 is 6.11. The van der Waals surface area contributed by atoms with Gasteiger partial charge >= 0.3 is 0 Å². The van der Waals surface area contributed by atoms with Crippen LogP contribution in [0.4, 0.5) is 0 Å². The van der Waals surface area contributed by atoms with Crippen molar-refractivity contribution < 1.29 is 4.79 Å². The van der Waals surface area contributed by atoms with Gasteiger partial charge in [0, 0.05) is 10.6 Å². The molecule has 17 heavy (non-hydrogen) atoms. The highest BCUT2D eigenvalue weighted by atomic mass is 35.5. The van der Waals surface area contributed by atoms with Gasteiger partial charge in [0.25, 0.3) is 0 Å². The maximum absolute atomic E-state index is 11.0. The lowest BCUT2D eigenvalue weighted by atomic mass is 9.97. The van der Waals surface area contributed by atoms with Crippen LogP contribution in [0.15, 0.2) is 36.4 Å². The van der Waals surface area contributed by atoms with Gasteiger partial charge in [-0.15, -0.1) is 0 Å². The second-order valence-electron chi connectivity index (χ2n) is 4.17. The van der Waals surface area contributed by atoms with Crippen molar-refractivity contribution in [3.05, 3.63) is 58.1 Å². The lowest BCUT2D eigenvalue weighted by Crippen LogP contribution is -1.89. The first kappa shape index (κ1) is 11.9. The maximum atomic E-state index is 11.0. The summed E-state index contributed by atoms with van der Waals surface area (Å²) in [4.78, 5) is 11.0. The van der Waals surface area contributed by atoms with Crippen LogP contribution in [0.1, 0.15) is 21.5 Å². The average Bonchev–Trinajstić information content (AvgIpc) is 2.32. The molecule has 0 bridgehead atoms. The molecule has 0 spiro atoms. The van der Waals surface area contributed by atoms with E-state index in [1.807, 2.05) is 50.2 Å². The Morgan fingerprint density at radius 3 is 2.47 bits per heavy atom. The van der Waals surface area contributed by atoms with Crippen molar-refractivity contribution in [3.8, 4) is 11.1 Å². The SMILES string of the molecule is Cc1ccc(C=O)c(-c2ccc(C)c(Cl)c2)c1. The predicted molar refractivity (Wildman–Crippen MR) is 71.7 cm³/mol. The lowest BCUT2D eigenvalue weighted by molar-refractivity contribution is 0.112. The molecule has 0 heterocycles. The van der Waals surface area contributed by atoms with Gasteiger partial charge in [-0.2, -0.15) is 0 Å². The Hall–Kier alpha value is -1.60. The zero-order valence-corrected chi connectivity index (χ0v) is 10.6. The largest absolute Gasteiger partial charge is 0.298 e. The molecule has 2 aromatic rings. The van der Waals surface area contributed by atoms with E-state index in [1.54, 1.807) is 0 Å². The molecule has 0 amide bonds. The van der Waals surface area contributed by atoms with E-state index >= 15 is 0 Å². The van der Waals surface area contributed by atoms with Gasteiger partial charge in [0.2, 0.25) is 0 Å². The molecular formula is C15H13ClO. The van der Waals surface area contributed by atoms with Crippen LogP contribution < -0.4 is 0 Å². The summed E-state index contributed by atoms with van der Waals surface area (Å²) in [5, 5.41) is 0.723. The highest BCUT2D eigenvalue weighted by Crippen LogP contribution is 2.28. The van der Waals surface area contributed by atoms with Crippen molar-refractivity contribution in [3.63, 3.8) is 0 Å². The molecule has 0 radical (unpaired) electrons. The van der Waals surface area contributed by atoms with Crippen LogP contribution in [0.5, 0.6) is 0 Å². The van der Waals surface area contributed by atoms with Gasteiger partial charge in [-0.3, -0.25) is 4.79 Å². The smallest absolute Gasteiger partial charge is 0.150 e. The van der Waals surface area contributed by atoms with Crippen LogP contribution in [-0.2, 0) is 0 Å². The van der Waals surface area contributed by atoms with Gasteiger partial charge in [0.15, 0.2) is 6.29 Å². The van der Waals surface area contributed by atoms with E-state index < -0.39 is 0 Å². The van der Waals surface area contributed by atoms with Crippen LogP contribution in [0.3, 0.4) is 0 Å². The first-order valence-electron chi connectivity index (χ1n) is 5.44. The molecule has 0 aliphatic heterocycles. The van der Waals surface area contributed by atoms with Crippen molar-refractivity contribution in [1.82, 2.24) is 0 Å². The van der Waals surface area contributed by atoms with Gasteiger partial charge in [-0.05, 0) is 36.6 Å². The molecule has 0 aromatic heterocycles. The van der Waals surface area contributed by atoms with E-state index in [1.165, 1.54) is 0 Å². The predicted octanol–water partition coefficient (Wildman–Crippen LogP) is 4.44. The molecule has 2 rings (SSSR count). The minimum Gasteiger partial charge on any atom is -0.298 e. The summed E-state index contributed by atoms with van der Waals surface area (Å²) in [7, 11) is 0. The van der Waals surface area contributed by atoms with E-state index in [-0.39, 0.29) is 0 Å². The van der Waals surface area contributed by atoms with Crippen LogP contribution in [-0.4, -0.2) is 6.29 Å². The van der Waals surface area contributed by atoms with Crippen LogP contribution >= 0.6 is 11.6 Å². The molecule has 1 nitrogen and oxygen atoms in total. The molecule has 0 saturated carbocycles. The molecule has 0 atom stereocenters. The zero-order valence-electron chi connectivity index (χ0n) is 9.83. The summed E-state index contributed by atoms with van der Waals surface area (Å²) in [6.07, 6.45) is 0.878. The Morgan fingerprint density at radius 2 is 1.82 bits per heavy atom. The zero-order chi connectivity index (χ0) is 12.4. The third kappa shape index (κ3) is 2.40. The number of hydrogen-bond donors (Lipinski definition) is 0. The molecule has 0 unspecified atom stereocenters. The number of carbonyl (C=O) groups is 1. The van der Waals surface area contributed by atoms with Crippen molar-refractivity contribution in [2.75, 3.05) is 0 Å². The Balaban J connectivity index is 2.62. The first-order valence-corrected chi connectivity index (χ1v) is 5.82. The van der Waals surface area contributed by atoms with Gasteiger partial charge in [-0.1, -0.05) is 47.5 Å². The fraction of sp³-hybridized carbons (Fsp3) is 0.133. The third-order valence-electron chi connectivity index (χ3n) is 2.82. The van der Waals surface area contributed by atoms with Gasteiger partial charge in [0.1, 0.15) is 0 Å². The van der Waals surface area contributed by atoms with E-state index in [4.69, 9.17) is 11.6 Å². The van der Waals surface area contributed by atoms with Gasteiger partial charge in [0.05, 0.1) is 0 Å². The third-order valence-corrected chi connectivity index (χ3v) is 3.23. The van der Waals surface area contributed by atoms with E-state index in [0.717, 1.165) is 33.6 Å². The summed E-state index contributed by atoms with van der Waals surface area (Å²) in [6.45, 7) is 3.97. The van der Waals surface area contributed by atoms with Crippen LogP contribution in [0.2, 0.25) is 5.02 Å². The average molecular weight is 245 g/mol. The molecule has 0 saturated heterocycles. The molecule has 2 heteroatoms. The second-order valence-corrected chi connectivity index (χ2v) is 4.58. The Morgan fingerprint density at radius 1 is 1.06 bits per heavy atom. The number of hydrogen-bond acceptors (Lipinski definition) is 1. The number of aryl methyl sites for hydroxylation is 2. The molecule has 0 aliphatic carbocycles. The Labute approximate surface area is 106 Å². The van der Waals surface area contributed by atoms with Gasteiger partial charge in [-0.25, -0.2) is 0 Å². The maximum Gasteiger partial charge on any atom is 0.150 e. The number of benzene rings is 2. The summed E-state index contributed by atoms with van der Waals surface area (Å²) in [5.74, 6) is 0. The number of carbonyl (C=O) groups excluding carboxylic acids is 1. The van der Waals surface area contributed by atoms with Crippen LogP contribution in [0.25, 0.3) is 11.1 Å². The second kappa shape index (κ2) is 4.72. The van der Waals surface area contributed by atoms with E-state index in [9.17, 15) is 4.79 Å².